The van der Waals surface area contributed by atoms with E-state index < -0.39 is 42.0 Å². The Morgan fingerprint density at radius 2 is 2.21 bits per heavy atom. The zero-order valence-corrected chi connectivity index (χ0v) is 18.6. The molecule has 0 aliphatic carbocycles. The van der Waals surface area contributed by atoms with Gasteiger partial charge in [0.25, 0.3) is 5.69 Å². The number of esters is 1. The first-order chi connectivity index (χ1) is 15.8. The van der Waals surface area contributed by atoms with Crippen LogP contribution in [-0.4, -0.2) is 65.5 Å². The minimum atomic E-state index is -1.30. The predicted molar refractivity (Wildman–Crippen MR) is 116 cm³/mol. The van der Waals surface area contributed by atoms with Gasteiger partial charge in [-0.2, -0.15) is 0 Å². The number of ether oxygens (including phenoxy) is 2. The maximum Gasteiger partial charge on any atom is 0.303 e. The van der Waals surface area contributed by atoms with Crippen molar-refractivity contribution in [2.45, 2.75) is 42.4 Å². The van der Waals surface area contributed by atoms with Crippen molar-refractivity contribution in [3.05, 3.63) is 51.4 Å². The van der Waals surface area contributed by atoms with E-state index in [1.54, 1.807) is 12.1 Å². The summed E-state index contributed by atoms with van der Waals surface area (Å²) in [4.78, 5) is 34.9. The maximum absolute atomic E-state index is 11.7. The van der Waals surface area contributed by atoms with Crippen LogP contribution >= 0.6 is 23.4 Å². The smallest absolute Gasteiger partial charge is 0.303 e. The summed E-state index contributed by atoms with van der Waals surface area (Å²) in [6.45, 7) is 0.688. The number of benzene rings is 1. The van der Waals surface area contributed by atoms with Gasteiger partial charge >= 0.3 is 5.97 Å². The number of fused-ring (bicyclic) bond motifs is 1. The molecule has 1 aliphatic rings. The van der Waals surface area contributed by atoms with Crippen LogP contribution in [0, 0.1) is 10.1 Å². The lowest BCUT2D eigenvalue weighted by atomic mass is 10.1. The predicted octanol–water partition coefficient (Wildman–Crippen LogP) is 1.86. The number of aliphatic hydroxyl groups is 2. The van der Waals surface area contributed by atoms with E-state index in [1.807, 2.05) is 0 Å². The van der Waals surface area contributed by atoms with Gasteiger partial charge in [-0.05, 0) is 5.56 Å². The second-order valence-electron chi connectivity index (χ2n) is 7.13. The lowest BCUT2D eigenvalue weighted by molar-refractivity contribution is -0.384. The van der Waals surface area contributed by atoms with E-state index in [-0.39, 0.29) is 22.0 Å². The summed E-state index contributed by atoms with van der Waals surface area (Å²) < 4.78 is 12.6. The first-order valence-corrected chi connectivity index (χ1v) is 11.0. The van der Waals surface area contributed by atoms with E-state index in [9.17, 15) is 25.1 Å². The van der Waals surface area contributed by atoms with Gasteiger partial charge in [-0.3, -0.25) is 19.5 Å². The van der Waals surface area contributed by atoms with E-state index in [4.69, 9.17) is 21.1 Å². The number of non-ortho nitro benzene ring substituents is 1. The van der Waals surface area contributed by atoms with Crippen molar-refractivity contribution >= 4 is 46.2 Å². The average Bonchev–Trinajstić information content (AvgIpc) is 3.30. The van der Waals surface area contributed by atoms with Gasteiger partial charge in [0.2, 0.25) is 0 Å². The minimum Gasteiger partial charge on any atom is -0.455 e. The molecule has 0 bridgehead atoms. The third kappa shape index (κ3) is 4.63. The molecule has 4 atom stereocenters. The number of nitrogens with zero attached hydrogens (tertiary/aromatic N) is 5. The van der Waals surface area contributed by atoms with Gasteiger partial charge in [-0.25, -0.2) is 15.0 Å². The molecule has 12 nitrogen and oxygen atoms in total. The number of thioether (sulfide) groups is 1. The minimum absolute atomic E-state index is 0.0431. The molecule has 2 N–H and O–H groups in total. The molecule has 174 valence electrons. The first kappa shape index (κ1) is 23.3. The number of hydrogen-bond donors (Lipinski definition) is 2. The quantitative estimate of drug-likeness (QED) is 0.162. The zero-order valence-electron chi connectivity index (χ0n) is 17.1. The highest BCUT2D eigenvalue weighted by Gasteiger charge is 2.48. The Kier molecular flexibility index (Phi) is 6.76. The number of carbonyl (C=O) groups excluding carboxylic acids is 1. The second kappa shape index (κ2) is 9.57. The highest BCUT2D eigenvalue weighted by atomic mass is 35.5. The fourth-order valence-electron chi connectivity index (χ4n) is 3.50. The lowest BCUT2D eigenvalue weighted by Crippen LogP contribution is -2.36. The van der Waals surface area contributed by atoms with E-state index in [0.29, 0.717) is 16.5 Å². The summed E-state index contributed by atoms with van der Waals surface area (Å²) in [6.07, 6.45) is -3.29. The Morgan fingerprint density at radius 1 is 1.42 bits per heavy atom. The zero-order chi connectivity index (χ0) is 23.7. The Morgan fingerprint density at radius 3 is 2.91 bits per heavy atom. The van der Waals surface area contributed by atoms with Crippen LogP contribution in [0.2, 0.25) is 5.15 Å². The molecule has 3 heterocycles. The molecule has 2 aromatic heterocycles. The number of nitro groups is 1. The molecule has 0 unspecified atom stereocenters. The van der Waals surface area contributed by atoms with Crippen LogP contribution in [-0.2, 0) is 20.0 Å². The normalized spacial score (nSPS) is 22.5. The summed E-state index contributed by atoms with van der Waals surface area (Å²) in [7, 11) is 0. The molecule has 0 spiro atoms. The van der Waals surface area contributed by atoms with Crippen molar-refractivity contribution < 1.29 is 29.4 Å². The Bertz CT molecular complexity index is 1210. The fourth-order valence-corrected chi connectivity index (χ4v) is 4.63. The fraction of sp³-hybridized carbons (Fsp3) is 0.368. The van der Waals surface area contributed by atoms with Crippen LogP contribution in [0.3, 0.4) is 0 Å². The van der Waals surface area contributed by atoms with E-state index in [2.05, 4.69) is 15.0 Å². The Balaban J connectivity index is 1.75. The number of aliphatic hydroxyl groups excluding tert-OH is 2. The largest absolute Gasteiger partial charge is 0.455 e. The first-order valence-electron chi connectivity index (χ1n) is 9.66. The summed E-state index contributed by atoms with van der Waals surface area (Å²) in [5.74, 6) is -0.346. The summed E-state index contributed by atoms with van der Waals surface area (Å²) in [6, 6.07) is 6.16. The molecule has 33 heavy (non-hydrogen) atoms. The molecule has 1 fully saturated rings. The monoisotopic (exact) mass is 495 g/mol. The summed E-state index contributed by atoms with van der Waals surface area (Å²) in [5.41, 5.74) is 1.15. The third-order valence-corrected chi connectivity index (χ3v) is 6.24. The molecule has 1 aromatic carbocycles. The van der Waals surface area contributed by atoms with Crippen LogP contribution in [0.1, 0.15) is 18.7 Å². The standard InChI is InChI=1S/C19H18ClN5O7S/c1-9(27)31-15-14(28)12(6-26)32-18(15)24-17-13(16(20)21-8-22-17)23-19(24)33-7-10-3-2-4-11(5-10)25(29)30/h2-5,8,12,14-15,18,26,28H,6-7H2,1H3/t12-,14-,15-,18-/m1/s1. The van der Waals surface area contributed by atoms with Crippen LogP contribution in [0.5, 0.6) is 0 Å². The van der Waals surface area contributed by atoms with Crippen molar-refractivity contribution in [2.75, 3.05) is 6.61 Å². The van der Waals surface area contributed by atoms with Gasteiger partial charge < -0.3 is 19.7 Å². The van der Waals surface area contributed by atoms with E-state index in [1.165, 1.54) is 41.7 Å². The van der Waals surface area contributed by atoms with Gasteiger partial charge in [0, 0.05) is 24.8 Å². The Labute approximate surface area is 195 Å². The summed E-state index contributed by atoms with van der Waals surface area (Å²) >= 11 is 7.41. The number of imidazole rings is 1. The third-order valence-electron chi connectivity index (χ3n) is 4.94. The Hall–Kier alpha value is -2.84. The maximum atomic E-state index is 11.7. The highest BCUT2D eigenvalue weighted by molar-refractivity contribution is 7.98. The molecule has 0 radical (unpaired) electrons. The molecule has 3 aromatic rings. The van der Waals surface area contributed by atoms with Gasteiger partial charge in [0.15, 0.2) is 28.3 Å². The van der Waals surface area contributed by atoms with Crippen LogP contribution in [0.4, 0.5) is 5.69 Å². The molecule has 14 heteroatoms. The molecule has 1 aliphatic heterocycles. The van der Waals surface area contributed by atoms with Crippen molar-refractivity contribution in [1.82, 2.24) is 19.5 Å². The number of halogens is 1. The van der Waals surface area contributed by atoms with E-state index >= 15 is 0 Å². The number of rotatable bonds is 7. The van der Waals surface area contributed by atoms with Gasteiger partial charge in [0.1, 0.15) is 24.1 Å². The van der Waals surface area contributed by atoms with Crippen LogP contribution in [0.15, 0.2) is 35.7 Å². The number of nitro benzene ring substituents is 1. The average molecular weight is 496 g/mol. The van der Waals surface area contributed by atoms with Gasteiger partial charge in [-0.1, -0.05) is 35.5 Å². The number of hydrogen-bond acceptors (Lipinski definition) is 11. The molecular formula is C19H18ClN5O7S. The molecule has 0 saturated carbocycles. The highest BCUT2D eigenvalue weighted by Crippen LogP contribution is 2.38. The molecule has 4 rings (SSSR count). The lowest BCUT2D eigenvalue weighted by Gasteiger charge is -2.22. The number of aromatic nitrogens is 4. The number of carbonyl (C=O) groups is 1. The molecule has 1 saturated heterocycles. The van der Waals surface area contributed by atoms with Crippen molar-refractivity contribution in [3.63, 3.8) is 0 Å². The SMILES string of the molecule is CC(=O)O[C@@H]1[C@H](O)[C@@H](CO)O[C@H]1n1c(SCc2cccc([N+](=O)[O-])c2)nc2c(Cl)ncnc21. The van der Waals surface area contributed by atoms with Crippen molar-refractivity contribution in [3.8, 4) is 0 Å². The van der Waals surface area contributed by atoms with Gasteiger partial charge in [0.05, 0.1) is 11.5 Å². The molecule has 0 amide bonds. The second-order valence-corrected chi connectivity index (χ2v) is 8.43. The van der Waals surface area contributed by atoms with Crippen molar-refractivity contribution in [2.24, 2.45) is 0 Å². The summed E-state index contributed by atoms with van der Waals surface area (Å²) in [5, 5.41) is 31.6. The topological polar surface area (TPSA) is 163 Å². The van der Waals surface area contributed by atoms with E-state index in [0.717, 1.165) is 0 Å². The van der Waals surface area contributed by atoms with Gasteiger partial charge in [-0.15, -0.1) is 0 Å². The van der Waals surface area contributed by atoms with Crippen LogP contribution < -0.4 is 0 Å². The molecular weight excluding hydrogens is 478 g/mol. The van der Waals surface area contributed by atoms with Crippen LogP contribution in [0.25, 0.3) is 11.2 Å². The van der Waals surface area contributed by atoms with Crippen molar-refractivity contribution in [1.29, 1.82) is 0 Å².